The van der Waals surface area contributed by atoms with Crippen molar-refractivity contribution in [1.82, 2.24) is 0 Å². The molecule has 76 valence electrons. The Hall–Kier alpha value is -0.600. The van der Waals surface area contributed by atoms with Gasteiger partial charge in [-0.2, -0.15) is 0 Å². The first-order valence-corrected chi connectivity index (χ1v) is 5.51. The number of aliphatic hydroxyl groups is 1. The predicted molar refractivity (Wildman–Crippen MR) is 64.0 cm³/mol. The molecular weight excluding hydrogens is 240 g/mol. The summed E-state index contributed by atoms with van der Waals surface area (Å²) in [5, 5.41) is 8.93. The molecule has 1 N–H and O–H groups in total. The molecule has 1 nitrogen and oxygen atoms in total. The van der Waals surface area contributed by atoms with Crippen molar-refractivity contribution in [3.8, 4) is 0 Å². The molecular formula is C12H15BrO. The van der Waals surface area contributed by atoms with Crippen LogP contribution >= 0.6 is 15.9 Å². The maximum atomic E-state index is 8.93. The van der Waals surface area contributed by atoms with Gasteiger partial charge in [0.05, 0.1) is 6.61 Å². The fourth-order valence-electron chi connectivity index (χ4n) is 1.45. The Labute approximate surface area is 93.6 Å². The van der Waals surface area contributed by atoms with Gasteiger partial charge >= 0.3 is 0 Å². The monoisotopic (exact) mass is 254 g/mol. The molecule has 0 radical (unpaired) electrons. The SMILES string of the molecule is CC(C)/C(=C/CO)c1cccc(Br)c1. The number of benzene rings is 1. The molecule has 0 saturated carbocycles. The minimum Gasteiger partial charge on any atom is -0.392 e. The van der Waals surface area contributed by atoms with Gasteiger partial charge in [0.2, 0.25) is 0 Å². The van der Waals surface area contributed by atoms with Crippen LogP contribution < -0.4 is 0 Å². The van der Waals surface area contributed by atoms with Gasteiger partial charge < -0.3 is 5.11 Å². The average Bonchev–Trinajstić information content (AvgIpc) is 2.13. The maximum absolute atomic E-state index is 8.93. The van der Waals surface area contributed by atoms with Crippen LogP contribution in [0.2, 0.25) is 0 Å². The van der Waals surface area contributed by atoms with E-state index in [4.69, 9.17) is 5.11 Å². The van der Waals surface area contributed by atoms with E-state index >= 15 is 0 Å². The molecule has 0 heterocycles. The number of allylic oxidation sites excluding steroid dienone is 1. The summed E-state index contributed by atoms with van der Waals surface area (Å²) in [6.07, 6.45) is 1.87. The second-order valence-corrected chi connectivity index (χ2v) is 4.42. The highest BCUT2D eigenvalue weighted by Crippen LogP contribution is 2.25. The molecule has 0 saturated heterocycles. The molecule has 0 unspecified atom stereocenters. The summed E-state index contributed by atoms with van der Waals surface area (Å²) in [7, 11) is 0. The fourth-order valence-corrected chi connectivity index (χ4v) is 1.85. The molecule has 0 spiro atoms. The molecule has 0 fully saturated rings. The van der Waals surface area contributed by atoms with E-state index in [0.717, 1.165) is 4.47 Å². The predicted octanol–water partition coefficient (Wildman–Crippen LogP) is 3.48. The first-order valence-electron chi connectivity index (χ1n) is 4.72. The molecule has 0 aliphatic rings. The maximum Gasteiger partial charge on any atom is 0.0618 e. The zero-order valence-electron chi connectivity index (χ0n) is 8.50. The van der Waals surface area contributed by atoms with Crippen LogP contribution in [0.3, 0.4) is 0 Å². The zero-order chi connectivity index (χ0) is 10.6. The van der Waals surface area contributed by atoms with Gasteiger partial charge in [0.25, 0.3) is 0 Å². The number of aliphatic hydroxyl groups excluding tert-OH is 1. The number of hydrogen-bond acceptors (Lipinski definition) is 1. The van der Waals surface area contributed by atoms with Crippen molar-refractivity contribution in [2.45, 2.75) is 13.8 Å². The Morgan fingerprint density at radius 2 is 2.21 bits per heavy atom. The Morgan fingerprint density at radius 1 is 1.50 bits per heavy atom. The van der Waals surface area contributed by atoms with Crippen LogP contribution in [0, 0.1) is 5.92 Å². The van der Waals surface area contributed by atoms with E-state index < -0.39 is 0 Å². The number of hydrogen-bond donors (Lipinski definition) is 1. The average molecular weight is 255 g/mol. The van der Waals surface area contributed by atoms with Crippen molar-refractivity contribution in [1.29, 1.82) is 0 Å². The quantitative estimate of drug-likeness (QED) is 0.876. The molecule has 14 heavy (non-hydrogen) atoms. The minimum atomic E-state index is 0.0972. The molecule has 0 aromatic heterocycles. The standard InChI is InChI=1S/C12H15BrO/c1-9(2)12(6-7-14)10-4-3-5-11(13)8-10/h3-6,8-9,14H,7H2,1-2H3/b12-6-. The lowest BCUT2D eigenvalue weighted by molar-refractivity contribution is 0.342. The van der Waals surface area contributed by atoms with E-state index in [2.05, 4.69) is 41.9 Å². The highest BCUT2D eigenvalue weighted by Gasteiger charge is 2.05. The van der Waals surface area contributed by atoms with Gasteiger partial charge in [-0.25, -0.2) is 0 Å². The van der Waals surface area contributed by atoms with Gasteiger partial charge in [-0.3, -0.25) is 0 Å². The van der Waals surface area contributed by atoms with Crippen LogP contribution in [0.15, 0.2) is 34.8 Å². The largest absolute Gasteiger partial charge is 0.392 e. The lowest BCUT2D eigenvalue weighted by Gasteiger charge is -2.11. The van der Waals surface area contributed by atoms with Gasteiger partial charge in [-0.05, 0) is 29.2 Å². The van der Waals surface area contributed by atoms with E-state index in [1.165, 1.54) is 11.1 Å². The summed E-state index contributed by atoms with van der Waals surface area (Å²) in [5.74, 6) is 0.427. The molecule has 0 aliphatic heterocycles. The Bertz CT molecular complexity index is 329. The first kappa shape index (κ1) is 11.5. The summed E-state index contributed by atoms with van der Waals surface area (Å²) in [4.78, 5) is 0. The Balaban J connectivity index is 3.06. The smallest absolute Gasteiger partial charge is 0.0618 e. The second-order valence-electron chi connectivity index (χ2n) is 3.51. The minimum absolute atomic E-state index is 0.0972. The molecule has 0 aliphatic carbocycles. The van der Waals surface area contributed by atoms with Crippen LogP contribution in [0.25, 0.3) is 5.57 Å². The third-order valence-electron chi connectivity index (χ3n) is 2.09. The Morgan fingerprint density at radius 3 is 2.71 bits per heavy atom. The molecule has 2 heteroatoms. The van der Waals surface area contributed by atoms with Crippen LogP contribution in [0.1, 0.15) is 19.4 Å². The van der Waals surface area contributed by atoms with Gasteiger partial charge in [0.15, 0.2) is 0 Å². The van der Waals surface area contributed by atoms with E-state index in [9.17, 15) is 0 Å². The second kappa shape index (κ2) is 5.32. The van der Waals surface area contributed by atoms with Gasteiger partial charge in [0.1, 0.15) is 0 Å². The highest BCUT2D eigenvalue weighted by atomic mass is 79.9. The zero-order valence-corrected chi connectivity index (χ0v) is 10.1. The topological polar surface area (TPSA) is 20.2 Å². The number of rotatable bonds is 3. The van der Waals surface area contributed by atoms with Crippen LogP contribution in [-0.4, -0.2) is 11.7 Å². The fraction of sp³-hybridized carbons (Fsp3) is 0.333. The molecule has 0 atom stereocenters. The molecule has 1 aromatic rings. The van der Waals surface area contributed by atoms with E-state index in [1.807, 2.05) is 18.2 Å². The lowest BCUT2D eigenvalue weighted by atomic mass is 9.95. The van der Waals surface area contributed by atoms with Crippen molar-refractivity contribution in [2.75, 3.05) is 6.61 Å². The van der Waals surface area contributed by atoms with Crippen LogP contribution in [0.4, 0.5) is 0 Å². The molecule has 0 bridgehead atoms. The summed E-state index contributed by atoms with van der Waals surface area (Å²) in [5.41, 5.74) is 2.36. The van der Waals surface area contributed by atoms with E-state index in [0.29, 0.717) is 5.92 Å². The van der Waals surface area contributed by atoms with Crippen molar-refractivity contribution >= 4 is 21.5 Å². The van der Waals surface area contributed by atoms with Crippen LogP contribution in [-0.2, 0) is 0 Å². The molecule has 1 aromatic carbocycles. The summed E-state index contributed by atoms with van der Waals surface area (Å²) in [6, 6.07) is 8.14. The van der Waals surface area contributed by atoms with E-state index in [-0.39, 0.29) is 6.61 Å². The number of halogens is 1. The summed E-state index contributed by atoms with van der Waals surface area (Å²) in [6.45, 7) is 4.35. The molecule has 1 rings (SSSR count). The normalized spacial score (nSPS) is 12.2. The molecule has 0 amide bonds. The lowest BCUT2D eigenvalue weighted by Crippen LogP contribution is -1.95. The van der Waals surface area contributed by atoms with Crippen molar-refractivity contribution < 1.29 is 5.11 Å². The van der Waals surface area contributed by atoms with Gasteiger partial charge in [0, 0.05) is 4.47 Å². The van der Waals surface area contributed by atoms with Crippen LogP contribution in [0.5, 0.6) is 0 Å². The van der Waals surface area contributed by atoms with E-state index in [1.54, 1.807) is 0 Å². The highest BCUT2D eigenvalue weighted by molar-refractivity contribution is 9.10. The van der Waals surface area contributed by atoms with Crippen molar-refractivity contribution in [3.63, 3.8) is 0 Å². The first-order chi connectivity index (χ1) is 6.65. The van der Waals surface area contributed by atoms with Gasteiger partial charge in [-0.1, -0.05) is 48.0 Å². The third-order valence-corrected chi connectivity index (χ3v) is 2.58. The van der Waals surface area contributed by atoms with Crippen molar-refractivity contribution in [3.05, 3.63) is 40.4 Å². The summed E-state index contributed by atoms with van der Waals surface area (Å²) >= 11 is 3.44. The van der Waals surface area contributed by atoms with Gasteiger partial charge in [-0.15, -0.1) is 0 Å². The third kappa shape index (κ3) is 2.96. The van der Waals surface area contributed by atoms with Crippen molar-refractivity contribution in [2.24, 2.45) is 5.92 Å². The summed E-state index contributed by atoms with van der Waals surface area (Å²) < 4.78 is 1.07. The Kier molecular flexibility index (Phi) is 4.36.